The molecule has 0 saturated carbocycles. The SMILES string of the molecule is CN(C)CC(=O)NC(C)(C)c1nc2ccccc2n1C. The number of carbonyl (C=O) groups excluding carboxylic acids is 1. The van der Waals surface area contributed by atoms with Crippen LogP contribution in [-0.4, -0.2) is 41.0 Å². The lowest BCUT2D eigenvalue weighted by Gasteiger charge is -2.26. The maximum Gasteiger partial charge on any atom is 0.234 e. The molecule has 1 N–H and O–H groups in total. The van der Waals surface area contributed by atoms with E-state index in [-0.39, 0.29) is 5.91 Å². The summed E-state index contributed by atoms with van der Waals surface area (Å²) in [6.07, 6.45) is 0. The van der Waals surface area contributed by atoms with Crippen molar-refractivity contribution in [2.75, 3.05) is 20.6 Å². The van der Waals surface area contributed by atoms with Gasteiger partial charge in [0.25, 0.3) is 0 Å². The Kier molecular flexibility index (Phi) is 3.81. The normalized spacial score (nSPS) is 12.1. The minimum absolute atomic E-state index is 0.00736. The second-order valence-corrected chi connectivity index (χ2v) is 5.89. The first-order valence-electron chi connectivity index (χ1n) is 6.69. The van der Waals surface area contributed by atoms with E-state index < -0.39 is 5.54 Å². The van der Waals surface area contributed by atoms with Gasteiger partial charge in [-0.3, -0.25) is 4.79 Å². The van der Waals surface area contributed by atoms with E-state index in [0.29, 0.717) is 6.54 Å². The number of aromatic nitrogens is 2. The number of hydrogen-bond acceptors (Lipinski definition) is 3. The largest absolute Gasteiger partial charge is 0.343 e. The second kappa shape index (κ2) is 5.25. The van der Waals surface area contributed by atoms with Crippen molar-refractivity contribution >= 4 is 16.9 Å². The summed E-state index contributed by atoms with van der Waals surface area (Å²) in [7, 11) is 5.73. The van der Waals surface area contributed by atoms with Gasteiger partial charge in [0.1, 0.15) is 5.82 Å². The number of para-hydroxylation sites is 2. The van der Waals surface area contributed by atoms with Gasteiger partial charge in [-0.1, -0.05) is 12.1 Å². The Hall–Kier alpha value is -1.88. The Balaban J connectivity index is 2.31. The van der Waals surface area contributed by atoms with Gasteiger partial charge in [-0.25, -0.2) is 4.98 Å². The molecule has 2 aromatic rings. The van der Waals surface area contributed by atoms with Crippen LogP contribution >= 0.6 is 0 Å². The molecule has 0 saturated heterocycles. The fraction of sp³-hybridized carbons (Fsp3) is 0.467. The minimum Gasteiger partial charge on any atom is -0.343 e. The van der Waals surface area contributed by atoms with Crippen LogP contribution in [0.2, 0.25) is 0 Å². The zero-order chi connectivity index (χ0) is 14.9. The lowest BCUT2D eigenvalue weighted by atomic mass is 10.0. The smallest absolute Gasteiger partial charge is 0.234 e. The number of hydrogen-bond donors (Lipinski definition) is 1. The molecular weight excluding hydrogens is 252 g/mol. The molecular formula is C15H22N4O. The second-order valence-electron chi connectivity index (χ2n) is 5.89. The average Bonchev–Trinajstić information content (AvgIpc) is 2.66. The number of carbonyl (C=O) groups is 1. The van der Waals surface area contributed by atoms with Crippen LogP contribution < -0.4 is 5.32 Å². The lowest BCUT2D eigenvalue weighted by molar-refractivity contribution is -0.123. The first-order chi connectivity index (χ1) is 9.31. The van der Waals surface area contributed by atoms with Gasteiger partial charge in [0.05, 0.1) is 23.1 Å². The molecule has 1 aromatic carbocycles. The summed E-state index contributed by atoms with van der Waals surface area (Å²) in [5, 5.41) is 3.04. The van der Waals surface area contributed by atoms with Gasteiger partial charge in [0, 0.05) is 7.05 Å². The number of benzene rings is 1. The number of amides is 1. The third kappa shape index (κ3) is 2.82. The molecule has 1 amide bonds. The number of fused-ring (bicyclic) bond motifs is 1. The summed E-state index contributed by atoms with van der Waals surface area (Å²) in [6, 6.07) is 7.97. The summed E-state index contributed by atoms with van der Waals surface area (Å²) in [5.41, 5.74) is 1.50. The van der Waals surface area contributed by atoms with Crippen molar-refractivity contribution in [2.45, 2.75) is 19.4 Å². The molecule has 0 bridgehead atoms. The van der Waals surface area contributed by atoms with E-state index in [1.165, 1.54) is 0 Å². The van der Waals surface area contributed by atoms with Crippen molar-refractivity contribution in [2.24, 2.45) is 7.05 Å². The van der Waals surface area contributed by atoms with Crippen LogP contribution in [-0.2, 0) is 17.4 Å². The molecule has 0 fully saturated rings. The van der Waals surface area contributed by atoms with Crippen molar-refractivity contribution in [1.29, 1.82) is 0 Å². The van der Waals surface area contributed by atoms with E-state index in [1.54, 1.807) is 0 Å². The van der Waals surface area contributed by atoms with Crippen molar-refractivity contribution < 1.29 is 4.79 Å². The molecule has 0 aliphatic heterocycles. The van der Waals surface area contributed by atoms with E-state index in [1.807, 2.05) is 68.7 Å². The van der Waals surface area contributed by atoms with Crippen LogP contribution in [0.1, 0.15) is 19.7 Å². The molecule has 0 spiro atoms. The minimum atomic E-state index is -0.513. The molecule has 0 aliphatic rings. The number of likely N-dealkylation sites (N-methyl/N-ethyl adjacent to an activating group) is 1. The molecule has 108 valence electrons. The van der Waals surface area contributed by atoms with Crippen LogP contribution in [0.15, 0.2) is 24.3 Å². The van der Waals surface area contributed by atoms with E-state index in [4.69, 9.17) is 0 Å². The average molecular weight is 274 g/mol. The molecule has 1 heterocycles. The molecule has 1 aromatic heterocycles. The van der Waals surface area contributed by atoms with Crippen molar-refractivity contribution in [3.63, 3.8) is 0 Å². The fourth-order valence-electron chi connectivity index (χ4n) is 2.44. The Morgan fingerprint density at radius 1 is 1.35 bits per heavy atom. The third-order valence-corrected chi connectivity index (χ3v) is 3.26. The fourth-order valence-corrected chi connectivity index (χ4v) is 2.44. The third-order valence-electron chi connectivity index (χ3n) is 3.26. The summed E-state index contributed by atoms with van der Waals surface area (Å²) in [6.45, 7) is 4.32. The van der Waals surface area contributed by atoms with Gasteiger partial charge < -0.3 is 14.8 Å². The summed E-state index contributed by atoms with van der Waals surface area (Å²) in [5.74, 6) is 0.845. The Morgan fingerprint density at radius 3 is 2.60 bits per heavy atom. The number of imidazole rings is 1. The molecule has 2 rings (SSSR count). The van der Waals surface area contributed by atoms with Crippen LogP contribution in [0, 0.1) is 0 Å². The first kappa shape index (κ1) is 14.5. The molecule has 0 aliphatic carbocycles. The predicted octanol–water partition coefficient (Wildman–Crippen LogP) is 1.49. The topological polar surface area (TPSA) is 50.2 Å². The van der Waals surface area contributed by atoms with Crippen LogP contribution in [0.3, 0.4) is 0 Å². The standard InChI is InChI=1S/C15H22N4O/c1-15(2,17-13(20)10-18(3)4)14-16-11-8-6-7-9-12(11)19(14)5/h6-9H,10H2,1-5H3,(H,17,20). The predicted molar refractivity (Wildman–Crippen MR) is 80.4 cm³/mol. The van der Waals surface area contributed by atoms with Crippen molar-refractivity contribution in [1.82, 2.24) is 19.8 Å². The van der Waals surface area contributed by atoms with Gasteiger partial charge in [0.15, 0.2) is 0 Å². The molecule has 0 radical (unpaired) electrons. The van der Waals surface area contributed by atoms with Crippen LogP contribution in [0.4, 0.5) is 0 Å². The molecule has 5 heteroatoms. The van der Waals surface area contributed by atoms with E-state index in [0.717, 1.165) is 16.9 Å². The lowest BCUT2D eigenvalue weighted by Crippen LogP contribution is -2.46. The highest BCUT2D eigenvalue weighted by Gasteiger charge is 2.28. The summed E-state index contributed by atoms with van der Waals surface area (Å²) >= 11 is 0. The first-order valence-corrected chi connectivity index (χ1v) is 6.69. The van der Waals surface area contributed by atoms with Crippen LogP contribution in [0.25, 0.3) is 11.0 Å². The zero-order valence-corrected chi connectivity index (χ0v) is 12.8. The summed E-state index contributed by atoms with van der Waals surface area (Å²) < 4.78 is 2.03. The van der Waals surface area contributed by atoms with E-state index in [9.17, 15) is 4.79 Å². The Morgan fingerprint density at radius 2 is 2.00 bits per heavy atom. The monoisotopic (exact) mass is 274 g/mol. The zero-order valence-electron chi connectivity index (χ0n) is 12.8. The molecule has 0 unspecified atom stereocenters. The van der Waals surface area contributed by atoms with Gasteiger partial charge in [-0.05, 0) is 40.1 Å². The van der Waals surface area contributed by atoms with Gasteiger partial charge in [-0.15, -0.1) is 0 Å². The van der Waals surface area contributed by atoms with Crippen molar-refractivity contribution in [3.05, 3.63) is 30.1 Å². The number of aryl methyl sites for hydroxylation is 1. The quantitative estimate of drug-likeness (QED) is 0.919. The van der Waals surface area contributed by atoms with E-state index >= 15 is 0 Å². The maximum absolute atomic E-state index is 12.0. The summed E-state index contributed by atoms with van der Waals surface area (Å²) in [4.78, 5) is 18.5. The van der Waals surface area contributed by atoms with Crippen molar-refractivity contribution in [3.8, 4) is 0 Å². The van der Waals surface area contributed by atoms with Gasteiger partial charge >= 0.3 is 0 Å². The van der Waals surface area contributed by atoms with Gasteiger partial charge in [-0.2, -0.15) is 0 Å². The van der Waals surface area contributed by atoms with E-state index in [2.05, 4.69) is 10.3 Å². The Bertz CT molecular complexity index is 628. The molecule has 20 heavy (non-hydrogen) atoms. The highest BCUT2D eigenvalue weighted by molar-refractivity contribution is 5.79. The number of nitrogens with one attached hydrogen (secondary N) is 1. The number of nitrogens with zero attached hydrogens (tertiary/aromatic N) is 3. The molecule has 0 atom stereocenters. The highest BCUT2D eigenvalue weighted by atomic mass is 16.2. The van der Waals surface area contributed by atoms with Gasteiger partial charge in [0.2, 0.25) is 5.91 Å². The molecule has 5 nitrogen and oxygen atoms in total. The highest BCUT2D eigenvalue weighted by Crippen LogP contribution is 2.23. The maximum atomic E-state index is 12.0. The Labute approximate surface area is 119 Å². The number of rotatable bonds is 4. The van der Waals surface area contributed by atoms with Crippen LogP contribution in [0.5, 0.6) is 0 Å².